The molecule has 2 aromatic rings. The number of aromatic nitrogens is 2. The molecule has 0 radical (unpaired) electrons. The Balaban J connectivity index is 2.43. The summed E-state index contributed by atoms with van der Waals surface area (Å²) in [4.78, 5) is 11.9. The minimum Gasteiger partial charge on any atom is -0.399 e. The van der Waals surface area contributed by atoms with E-state index < -0.39 is 11.7 Å². The number of hydrogen-bond donors (Lipinski definition) is 1. The Labute approximate surface area is 113 Å². The van der Waals surface area contributed by atoms with Crippen molar-refractivity contribution in [2.75, 3.05) is 5.73 Å². The predicted molar refractivity (Wildman–Crippen MR) is 69.3 cm³/mol. The smallest absolute Gasteiger partial charge is 0.399 e. The van der Waals surface area contributed by atoms with E-state index >= 15 is 0 Å². The van der Waals surface area contributed by atoms with Crippen molar-refractivity contribution in [3.63, 3.8) is 0 Å². The number of benzene rings is 1. The van der Waals surface area contributed by atoms with Crippen LogP contribution in [-0.2, 0) is 19.3 Å². The molecular formula is C13H14F3N3O. The maximum atomic E-state index is 13.0. The summed E-state index contributed by atoms with van der Waals surface area (Å²) in [5.41, 5.74) is 4.31. The zero-order valence-electron chi connectivity index (χ0n) is 10.8. The third-order valence-corrected chi connectivity index (χ3v) is 3.04. The molecule has 0 aliphatic heterocycles. The largest absolute Gasteiger partial charge is 0.416 e. The normalized spacial score (nSPS) is 11.8. The highest BCUT2D eigenvalue weighted by atomic mass is 19.4. The molecule has 0 saturated heterocycles. The lowest BCUT2D eigenvalue weighted by Gasteiger charge is -2.13. The number of halogens is 3. The SMILES string of the molecule is CCn1ccn(Cc2ccc(N)cc2C(F)(F)F)c1=O. The van der Waals surface area contributed by atoms with Gasteiger partial charge in [-0.1, -0.05) is 6.07 Å². The molecule has 4 nitrogen and oxygen atoms in total. The van der Waals surface area contributed by atoms with E-state index in [-0.39, 0.29) is 23.5 Å². The molecule has 0 spiro atoms. The number of imidazole rings is 1. The van der Waals surface area contributed by atoms with Gasteiger partial charge in [-0.2, -0.15) is 13.2 Å². The molecule has 2 N–H and O–H groups in total. The van der Waals surface area contributed by atoms with Crippen LogP contribution in [0.4, 0.5) is 18.9 Å². The Morgan fingerprint density at radius 3 is 2.40 bits per heavy atom. The zero-order chi connectivity index (χ0) is 14.9. The van der Waals surface area contributed by atoms with E-state index in [1.165, 1.54) is 27.5 Å². The summed E-state index contributed by atoms with van der Waals surface area (Å²) in [6.45, 7) is 2.12. The van der Waals surface area contributed by atoms with Crippen molar-refractivity contribution in [3.8, 4) is 0 Å². The third kappa shape index (κ3) is 2.71. The van der Waals surface area contributed by atoms with Crippen LogP contribution in [0.5, 0.6) is 0 Å². The zero-order valence-corrected chi connectivity index (χ0v) is 10.8. The van der Waals surface area contributed by atoms with Gasteiger partial charge in [-0.25, -0.2) is 4.79 Å². The molecule has 0 fully saturated rings. The van der Waals surface area contributed by atoms with Gasteiger partial charge in [-0.15, -0.1) is 0 Å². The van der Waals surface area contributed by atoms with Crippen molar-refractivity contribution in [2.45, 2.75) is 26.2 Å². The fourth-order valence-corrected chi connectivity index (χ4v) is 1.99. The topological polar surface area (TPSA) is 52.9 Å². The van der Waals surface area contributed by atoms with Crippen LogP contribution < -0.4 is 11.4 Å². The van der Waals surface area contributed by atoms with Crippen LogP contribution in [-0.4, -0.2) is 9.13 Å². The first-order valence-electron chi connectivity index (χ1n) is 6.04. The first-order valence-corrected chi connectivity index (χ1v) is 6.04. The number of nitrogens with zero attached hydrogens (tertiary/aromatic N) is 2. The van der Waals surface area contributed by atoms with Crippen molar-refractivity contribution in [1.82, 2.24) is 9.13 Å². The molecule has 1 aromatic carbocycles. The lowest BCUT2D eigenvalue weighted by Crippen LogP contribution is -2.24. The molecular weight excluding hydrogens is 271 g/mol. The minimum atomic E-state index is -4.50. The fraction of sp³-hybridized carbons (Fsp3) is 0.308. The molecule has 1 heterocycles. The Hall–Kier alpha value is -2.18. The Bertz CT molecular complexity index is 670. The molecule has 0 bridgehead atoms. The first kappa shape index (κ1) is 14.2. The highest BCUT2D eigenvalue weighted by Gasteiger charge is 2.33. The predicted octanol–water partition coefficient (Wildman–Crippen LogP) is 2.32. The molecule has 0 unspecified atom stereocenters. The van der Waals surface area contributed by atoms with Gasteiger partial charge in [0.05, 0.1) is 12.1 Å². The number of rotatable bonds is 3. The van der Waals surface area contributed by atoms with Gasteiger partial charge in [0.2, 0.25) is 0 Å². The van der Waals surface area contributed by atoms with Crippen LogP contribution in [0.3, 0.4) is 0 Å². The summed E-state index contributed by atoms with van der Waals surface area (Å²) in [7, 11) is 0. The summed E-state index contributed by atoms with van der Waals surface area (Å²) in [5, 5.41) is 0. The van der Waals surface area contributed by atoms with Gasteiger partial charge in [0.1, 0.15) is 0 Å². The quantitative estimate of drug-likeness (QED) is 0.880. The minimum absolute atomic E-state index is 0.0163. The summed E-state index contributed by atoms with van der Waals surface area (Å²) < 4.78 is 41.5. The number of aryl methyl sites for hydroxylation is 1. The van der Waals surface area contributed by atoms with Crippen LogP contribution >= 0.6 is 0 Å². The van der Waals surface area contributed by atoms with Crippen molar-refractivity contribution < 1.29 is 13.2 Å². The second-order valence-corrected chi connectivity index (χ2v) is 4.41. The summed E-state index contributed by atoms with van der Waals surface area (Å²) in [6.07, 6.45) is -1.48. The van der Waals surface area contributed by atoms with Crippen molar-refractivity contribution >= 4 is 5.69 Å². The maximum Gasteiger partial charge on any atom is 0.416 e. The number of nitrogens with two attached hydrogens (primary N) is 1. The molecule has 20 heavy (non-hydrogen) atoms. The van der Waals surface area contributed by atoms with E-state index in [1.807, 2.05) is 0 Å². The maximum absolute atomic E-state index is 13.0. The first-order chi connectivity index (χ1) is 9.32. The number of hydrogen-bond acceptors (Lipinski definition) is 2. The molecule has 108 valence electrons. The van der Waals surface area contributed by atoms with E-state index in [0.29, 0.717) is 6.54 Å². The van der Waals surface area contributed by atoms with E-state index in [1.54, 1.807) is 13.1 Å². The van der Waals surface area contributed by atoms with E-state index in [0.717, 1.165) is 6.07 Å². The van der Waals surface area contributed by atoms with Crippen LogP contribution in [0.25, 0.3) is 0 Å². The number of alkyl halides is 3. The van der Waals surface area contributed by atoms with Gasteiger partial charge >= 0.3 is 11.9 Å². The van der Waals surface area contributed by atoms with Gasteiger partial charge in [0.25, 0.3) is 0 Å². The molecule has 1 aromatic heterocycles. The standard InChI is InChI=1S/C13H14F3N3O/c1-2-18-5-6-19(12(18)20)8-9-3-4-10(17)7-11(9)13(14,15)16/h3-7H,2,8,17H2,1H3. The summed E-state index contributed by atoms with van der Waals surface area (Å²) >= 11 is 0. The van der Waals surface area contributed by atoms with Gasteiger partial charge in [0.15, 0.2) is 0 Å². The summed E-state index contributed by atoms with van der Waals surface area (Å²) in [6, 6.07) is 3.58. The highest BCUT2D eigenvalue weighted by molar-refractivity contribution is 5.46. The lowest BCUT2D eigenvalue weighted by atomic mass is 10.1. The Morgan fingerprint density at radius 2 is 1.85 bits per heavy atom. The van der Waals surface area contributed by atoms with Crippen LogP contribution in [0, 0.1) is 0 Å². The molecule has 0 aliphatic rings. The van der Waals surface area contributed by atoms with Crippen LogP contribution in [0.2, 0.25) is 0 Å². The number of nitrogen functional groups attached to an aromatic ring is 1. The Morgan fingerprint density at radius 1 is 1.20 bits per heavy atom. The molecule has 0 aliphatic carbocycles. The monoisotopic (exact) mass is 285 g/mol. The van der Waals surface area contributed by atoms with E-state index in [4.69, 9.17) is 5.73 Å². The van der Waals surface area contributed by atoms with Crippen molar-refractivity contribution in [3.05, 3.63) is 52.2 Å². The lowest BCUT2D eigenvalue weighted by molar-refractivity contribution is -0.138. The second-order valence-electron chi connectivity index (χ2n) is 4.41. The van der Waals surface area contributed by atoms with Crippen molar-refractivity contribution in [2.24, 2.45) is 0 Å². The van der Waals surface area contributed by atoms with Gasteiger partial charge in [-0.3, -0.25) is 9.13 Å². The van der Waals surface area contributed by atoms with Crippen LogP contribution in [0.1, 0.15) is 18.1 Å². The number of anilines is 1. The van der Waals surface area contributed by atoms with Crippen molar-refractivity contribution in [1.29, 1.82) is 0 Å². The van der Waals surface area contributed by atoms with E-state index in [2.05, 4.69) is 0 Å². The van der Waals surface area contributed by atoms with Gasteiger partial charge < -0.3 is 5.73 Å². The molecule has 0 amide bonds. The molecule has 7 heteroatoms. The van der Waals surface area contributed by atoms with E-state index in [9.17, 15) is 18.0 Å². The van der Waals surface area contributed by atoms with Crippen LogP contribution in [0.15, 0.2) is 35.4 Å². The molecule has 0 atom stereocenters. The Kier molecular flexibility index (Phi) is 3.61. The fourth-order valence-electron chi connectivity index (χ4n) is 1.99. The average Bonchev–Trinajstić information content (AvgIpc) is 2.71. The average molecular weight is 285 g/mol. The highest BCUT2D eigenvalue weighted by Crippen LogP contribution is 2.33. The molecule has 0 saturated carbocycles. The van der Waals surface area contributed by atoms with Gasteiger partial charge in [0, 0.05) is 24.6 Å². The summed E-state index contributed by atoms with van der Waals surface area (Å²) in [5.74, 6) is 0. The molecule has 2 rings (SSSR count). The van der Waals surface area contributed by atoms with Gasteiger partial charge in [-0.05, 0) is 24.6 Å². The second kappa shape index (κ2) is 5.07. The third-order valence-electron chi connectivity index (χ3n) is 3.04.